The van der Waals surface area contributed by atoms with E-state index >= 15 is 0 Å². The van der Waals surface area contributed by atoms with Crippen LogP contribution in [0, 0.1) is 11.3 Å². The lowest BCUT2D eigenvalue weighted by molar-refractivity contribution is 0.0896. The van der Waals surface area contributed by atoms with Crippen LogP contribution in [-0.4, -0.2) is 36.5 Å². The number of amides is 1. The van der Waals surface area contributed by atoms with Gasteiger partial charge >= 0.3 is 0 Å². The van der Waals surface area contributed by atoms with E-state index in [0.29, 0.717) is 17.2 Å². The van der Waals surface area contributed by atoms with Crippen LogP contribution in [0.2, 0.25) is 0 Å². The fourth-order valence-corrected chi connectivity index (χ4v) is 2.39. The van der Waals surface area contributed by atoms with E-state index in [1.54, 1.807) is 24.3 Å². The number of rotatable bonds is 2. The van der Waals surface area contributed by atoms with Gasteiger partial charge in [0.05, 0.1) is 11.6 Å². The zero-order valence-corrected chi connectivity index (χ0v) is 11.4. The minimum Gasteiger partial charge on any atom is -0.349 e. The molecule has 1 fully saturated rings. The number of nitrogens with one attached hydrogen (secondary N) is 1. The Hall–Kier alpha value is -1.86. The quantitative estimate of drug-likeness (QED) is 0.878. The molecule has 4 nitrogen and oxygen atoms in total. The van der Waals surface area contributed by atoms with Crippen LogP contribution in [0.1, 0.15) is 35.7 Å². The monoisotopic (exact) mass is 257 g/mol. The number of hydrogen-bond acceptors (Lipinski definition) is 3. The van der Waals surface area contributed by atoms with Crippen molar-refractivity contribution in [3.63, 3.8) is 0 Å². The van der Waals surface area contributed by atoms with Crippen LogP contribution in [0.4, 0.5) is 0 Å². The van der Waals surface area contributed by atoms with Gasteiger partial charge in [0.2, 0.25) is 0 Å². The molecule has 1 aromatic rings. The van der Waals surface area contributed by atoms with Crippen molar-refractivity contribution in [2.75, 3.05) is 13.6 Å². The van der Waals surface area contributed by atoms with Gasteiger partial charge in [-0.2, -0.15) is 5.26 Å². The van der Waals surface area contributed by atoms with Gasteiger partial charge in [0.1, 0.15) is 0 Å². The summed E-state index contributed by atoms with van der Waals surface area (Å²) in [5.41, 5.74) is 1.19. The van der Waals surface area contributed by atoms with E-state index in [1.165, 1.54) is 0 Å². The van der Waals surface area contributed by atoms with E-state index in [2.05, 4.69) is 24.2 Å². The Morgan fingerprint density at radius 1 is 1.42 bits per heavy atom. The molecule has 1 aliphatic rings. The van der Waals surface area contributed by atoms with Crippen LogP contribution < -0.4 is 5.32 Å². The average Bonchev–Trinajstić information content (AvgIpc) is 2.43. The largest absolute Gasteiger partial charge is 0.349 e. The number of hydrogen-bond donors (Lipinski definition) is 1. The van der Waals surface area contributed by atoms with Gasteiger partial charge in [-0.25, -0.2) is 0 Å². The summed E-state index contributed by atoms with van der Waals surface area (Å²) in [4.78, 5) is 14.4. The van der Waals surface area contributed by atoms with Crippen molar-refractivity contribution < 1.29 is 4.79 Å². The summed E-state index contributed by atoms with van der Waals surface area (Å²) in [5, 5.41) is 11.8. The molecule has 1 amide bonds. The lowest BCUT2D eigenvalue weighted by atomic mass is 9.98. The summed E-state index contributed by atoms with van der Waals surface area (Å²) in [7, 11) is 2.11. The predicted octanol–water partition coefficient (Wildman–Crippen LogP) is 1.77. The van der Waals surface area contributed by atoms with Crippen molar-refractivity contribution in [2.24, 2.45) is 0 Å². The number of nitriles is 1. The highest BCUT2D eigenvalue weighted by molar-refractivity contribution is 5.94. The van der Waals surface area contributed by atoms with E-state index in [4.69, 9.17) is 5.26 Å². The van der Waals surface area contributed by atoms with E-state index in [0.717, 1.165) is 19.4 Å². The molecule has 2 rings (SSSR count). The molecule has 1 heterocycles. The van der Waals surface area contributed by atoms with Gasteiger partial charge < -0.3 is 10.2 Å². The van der Waals surface area contributed by atoms with Crippen molar-refractivity contribution in [1.82, 2.24) is 10.2 Å². The molecule has 1 aromatic carbocycles. The maximum absolute atomic E-state index is 12.1. The molecule has 0 aliphatic carbocycles. The summed E-state index contributed by atoms with van der Waals surface area (Å²) in [5.74, 6) is -0.0498. The number of carbonyl (C=O) groups is 1. The third-order valence-corrected chi connectivity index (χ3v) is 3.82. The second-order valence-corrected chi connectivity index (χ2v) is 5.21. The molecule has 19 heavy (non-hydrogen) atoms. The second-order valence-electron chi connectivity index (χ2n) is 5.21. The Labute approximate surface area is 114 Å². The van der Waals surface area contributed by atoms with Crippen molar-refractivity contribution in [2.45, 2.75) is 31.8 Å². The lowest BCUT2D eigenvalue weighted by Gasteiger charge is -2.35. The summed E-state index contributed by atoms with van der Waals surface area (Å²) >= 11 is 0. The van der Waals surface area contributed by atoms with Crippen molar-refractivity contribution >= 4 is 5.91 Å². The van der Waals surface area contributed by atoms with Crippen LogP contribution in [0.25, 0.3) is 0 Å². The van der Waals surface area contributed by atoms with E-state index in [1.807, 2.05) is 6.07 Å². The summed E-state index contributed by atoms with van der Waals surface area (Å²) < 4.78 is 0. The van der Waals surface area contributed by atoms with Crippen LogP contribution in [0.15, 0.2) is 24.3 Å². The average molecular weight is 257 g/mol. The summed E-state index contributed by atoms with van der Waals surface area (Å²) in [6.45, 7) is 3.19. The first-order valence-electron chi connectivity index (χ1n) is 6.61. The van der Waals surface area contributed by atoms with Crippen LogP contribution in [0.5, 0.6) is 0 Å². The molecular weight excluding hydrogens is 238 g/mol. The van der Waals surface area contributed by atoms with Crippen molar-refractivity contribution in [3.8, 4) is 6.07 Å². The first kappa shape index (κ1) is 13.6. The molecule has 0 saturated carbocycles. The molecule has 2 atom stereocenters. The summed E-state index contributed by atoms with van der Waals surface area (Å²) in [6, 6.07) is 9.54. The molecule has 100 valence electrons. The number of piperidine rings is 1. The molecule has 1 saturated heterocycles. The zero-order chi connectivity index (χ0) is 13.8. The van der Waals surface area contributed by atoms with Crippen molar-refractivity contribution in [3.05, 3.63) is 35.4 Å². The molecule has 1 N–H and O–H groups in total. The molecular formula is C15H19N3O. The molecule has 0 radical (unpaired) electrons. The number of likely N-dealkylation sites (tertiary alicyclic amines) is 1. The Morgan fingerprint density at radius 2 is 2.11 bits per heavy atom. The molecule has 0 aromatic heterocycles. The van der Waals surface area contributed by atoms with Gasteiger partial charge in [-0.15, -0.1) is 0 Å². The Kier molecular flexibility index (Phi) is 4.18. The first-order valence-corrected chi connectivity index (χ1v) is 6.61. The Balaban J connectivity index is 1.95. The van der Waals surface area contributed by atoms with Crippen LogP contribution in [-0.2, 0) is 0 Å². The lowest BCUT2D eigenvalue weighted by Crippen LogP contribution is -2.47. The fourth-order valence-electron chi connectivity index (χ4n) is 2.39. The van der Waals surface area contributed by atoms with Gasteiger partial charge in [0, 0.05) is 24.2 Å². The van der Waals surface area contributed by atoms with Gasteiger partial charge in [-0.1, -0.05) is 0 Å². The summed E-state index contributed by atoms with van der Waals surface area (Å²) in [6.07, 6.45) is 1.97. The number of carbonyl (C=O) groups excluding carboxylic acids is 1. The minimum absolute atomic E-state index is 0.0498. The third-order valence-electron chi connectivity index (χ3n) is 3.82. The van der Waals surface area contributed by atoms with Crippen LogP contribution >= 0.6 is 0 Å². The fraction of sp³-hybridized carbons (Fsp3) is 0.467. The normalized spacial score (nSPS) is 23.6. The van der Waals surface area contributed by atoms with Crippen molar-refractivity contribution in [1.29, 1.82) is 5.26 Å². The molecule has 2 unspecified atom stereocenters. The molecule has 0 spiro atoms. The first-order chi connectivity index (χ1) is 9.10. The highest BCUT2D eigenvalue weighted by atomic mass is 16.1. The van der Waals surface area contributed by atoms with E-state index < -0.39 is 0 Å². The predicted molar refractivity (Wildman–Crippen MR) is 73.7 cm³/mol. The zero-order valence-electron chi connectivity index (χ0n) is 11.4. The minimum atomic E-state index is -0.0498. The topological polar surface area (TPSA) is 56.1 Å². The second kappa shape index (κ2) is 5.85. The molecule has 0 bridgehead atoms. The SMILES string of the molecule is CC1CC(NC(=O)c2ccc(C#N)cc2)CCN1C. The standard InChI is InChI=1S/C15H19N3O/c1-11-9-14(7-8-18(11)2)17-15(19)13-5-3-12(10-16)4-6-13/h3-6,11,14H,7-9H2,1-2H3,(H,17,19). The smallest absolute Gasteiger partial charge is 0.251 e. The number of nitrogens with zero attached hydrogens (tertiary/aromatic N) is 2. The third kappa shape index (κ3) is 3.33. The highest BCUT2D eigenvalue weighted by Gasteiger charge is 2.24. The van der Waals surface area contributed by atoms with Gasteiger partial charge in [-0.3, -0.25) is 4.79 Å². The molecule has 4 heteroatoms. The van der Waals surface area contributed by atoms with Gasteiger partial charge in [0.25, 0.3) is 5.91 Å². The van der Waals surface area contributed by atoms with Gasteiger partial charge in [-0.05, 0) is 51.1 Å². The Morgan fingerprint density at radius 3 is 2.68 bits per heavy atom. The van der Waals surface area contributed by atoms with Gasteiger partial charge in [0.15, 0.2) is 0 Å². The molecule has 1 aliphatic heterocycles. The maximum atomic E-state index is 12.1. The Bertz CT molecular complexity index is 489. The number of benzene rings is 1. The van der Waals surface area contributed by atoms with E-state index in [-0.39, 0.29) is 11.9 Å². The highest BCUT2D eigenvalue weighted by Crippen LogP contribution is 2.16. The maximum Gasteiger partial charge on any atom is 0.251 e. The van der Waals surface area contributed by atoms with E-state index in [9.17, 15) is 4.79 Å². The van der Waals surface area contributed by atoms with Crippen LogP contribution in [0.3, 0.4) is 0 Å².